The minimum absolute atomic E-state index is 0.0298. The van der Waals surface area contributed by atoms with E-state index in [9.17, 15) is 4.79 Å². The monoisotopic (exact) mass is 222 g/mol. The maximum atomic E-state index is 12.4. The van der Waals surface area contributed by atoms with Gasteiger partial charge in [0.1, 0.15) is 5.60 Å². The molecule has 1 saturated carbocycles. The van der Waals surface area contributed by atoms with Crippen LogP contribution in [-0.2, 0) is 11.8 Å². The van der Waals surface area contributed by atoms with Crippen LogP contribution in [0.2, 0.25) is 0 Å². The number of aryl methyl sites for hydroxylation is 1. The normalized spacial score (nSPS) is 19.6. The van der Waals surface area contributed by atoms with Crippen molar-refractivity contribution in [2.24, 2.45) is 7.05 Å². The summed E-state index contributed by atoms with van der Waals surface area (Å²) in [7, 11) is 3.47. The van der Waals surface area contributed by atoms with Crippen LogP contribution in [0.4, 0.5) is 0 Å². The van der Waals surface area contributed by atoms with Crippen LogP contribution in [-0.4, -0.2) is 28.0 Å². The van der Waals surface area contributed by atoms with Gasteiger partial charge in [-0.2, -0.15) is 0 Å². The topological polar surface area (TPSA) is 44.1 Å². The maximum absolute atomic E-state index is 12.4. The average molecular weight is 222 g/mol. The second kappa shape index (κ2) is 4.37. The van der Waals surface area contributed by atoms with Gasteiger partial charge < -0.3 is 9.30 Å². The molecule has 0 spiro atoms. The number of Topliss-reactive ketones (excluding diaryl/α,β-unsaturated/α-hetero) is 1. The number of rotatable bonds is 3. The molecular weight excluding hydrogens is 204 g/mol. The summed E-state index contributed by atoms with van der Waals surface area (Å²) in [4.78, 5) is 16.5. The van der Waals surface area contributed by atoms with Crippen LogP contribution in [0.3, 0.4) is 0 Å². The highest BCUT2D eigenvalue weighted by atomic mass is 16.5. The predicted molar refractivity (Wildman–Crippen MR) is 60.4 cm³/mol. The minimum Gasteiger partial charge on any atom is -0.370 e. The number of carbonyl (C=O) groups excluding carboxylic acids is 1. The van der Waals surface area contributed by atoms with E-state index in [1.807, 2.05) is 7.05 Å². The van der Waals surface area contributed by atoms with Crippen molar-refractivity contribution < 1.29 is 9.53 Å². The number of methoxy groups -OCH3 is 1. The van der Waals surface area contributed by atoms with Crippen molar-refractivity contribution in [3.8, 4) is 0 Å². The van der Waals surface area contributed by atoms with Gasteiger partial charge in [0.15, 0.2) is 5.82 Å². The van der Waals surface area contributed by atoms with Crippen molar-refractivity contribution in [2.45, 2.75) is 37.7 Å². The van der Waals surface area contributed by atoms with Crippen molar-refractivity contribution in [3.63, 3.8) is 0 Å². The SMILES string of the molecule is COC1(C(=O)c2nccn2C)CCCCC1. The Kier molecular flexibility index (Phi) is 3.10. The van der Waals surface area contributed by atoms with E-state index in [0.717, 1.165) is 25.7 Å². The number of imidazole rings is 1. The third-order valence-electron chi connectivity index (χ3n) is 3.49. The Labute approximate surface area is 95.6 Å². The average Bonchev–Trinajstić information content (AvgIpc) is 2.75. The van der Waals surface area contributed by atoms with Crippen LogP contribution in [0.25, 0.3) is 0 Å². The Hall–Kier alpha value is -1.16. The number of hydrogen-bond donors (Lipinski definition) is 0. The van der Waals surface area contributed by atoms with Gasteiger partial charge in [-0.1, -0.05) is 19.3 Å². The van der Waals surface area contributed by atoms with E-state index >= 15 is 0 Å². The molecule has 0 bridgehead atoms. The van der Waals surface area contributed by atoms with Crippen molar-refractivity contribution in [1.82, 2.24) is 9.55 Å². The van der Waals surface area contributed by atoms with Gasteiger partial charge in [-0.3, -0.25) is 4.79 Å². The van der Waals surface area contributed by atoms with Crippen LogP contribution < -0.4 is 0 Å². The van der Waals surface area contributed by atoms with E-state index in [2.05, 4.69) is 4.98 Å². The van der Waals surface area contributed by atoms with E-state index in [0.29, 0.717) is 5.82 Å². The molecule has 0 N–H and O–H groups in total. The quantitative estimate of drug-likeness (QED) is 0.734. The van der Waals surface area contributed by atoms with E-state index in [4.69, 9.17) is 4.74 Å². The van der Waals surface area contributed by atoms with E-state index in [1.165, 1.54) is 6.42 Å². The summed E-state index contributed by atoms with van der Waals surface area (Å²) < 4.78 is 7.28. The molecule has 1 heterocycles. The van der Waals surface area contributed by atoms with Crippen molar-refractivity contribution in [3.05, 3.63) is 18.2 Å². The van der Waals surface area contributed by atoms with E-state index in [1.54, 1.807) is 24.1 Å². The fraction of sp³-hybridized carbons (Fsp3) is 0.667. The Balaban J connectivity index is 2.28. The fourth-order valence-electron chi connectivity index (χ4n) is 2.43. The van der Waals surface area contributed by atoms with Gasteiger partial charge in [-0.05, 0) is 12.8 Å². The smallest absolute Gasteiger partial charge is 0.229 e. The number of carbonyl (C=O) groups is 1. The lowest BCUT2D eigenvalue weighted by Gasteiger charge is -2.33. The first-order valence-electron chi connectivity index (χ1n) is 5.77. The van der Waals surface area contributed by atoms with Gasteiger partial charge in [0.25, 0.3) is 0 Å². The molecule has 4 heteroatoms. The Morgan fingerprint density at radius 1 is 1.44 bits per heavy atom. The first kappa shape index (κ1) is 11.3. The largest absolute Gasteiger partial charge is 0.370 e. The summed E-state index contributed by atoms with van der Waals surface area (Å²) in [5.74, 6) is 0.533. The molecule has 88 valence electrons. The van der Waals surface area contributed by atoms with Crippen LogP contribution in [0.15, 0.2) is 12.4 Å². The molecule has 2 rings (SSSR count). The zero-order chi connectivity index (χ0) is 11.6. The van der Waals surface area contributed by atoms with Crippen LogP contribution in [0, 0.1) is 0 Å². The molecule has 0 atom stereocenters. The molecule has 16 heavy (non-hydrogen) atoms. The highest BCUT2D eigenvalue weighted by molar-refractivity contribution is 5.99. The Bertz CT molecular complexity index is 378. The summed E-state index contributed by atoms with van der Waals surface area (Å²) in [5.41, 5.74) is -0.628. The lowest BCUT2D eigenvalue weighted by molar-refractivity contribution is -0.0203. The molecule has 0 aliphatic heterocycles. The zero-order valence-electron chi connectivity index (χ0n) is 9.90. The highest BCUT2D eigenvalue weighted by Gasteiger charge is 2.41. The first-order valence-corrected chi connectivity index (χ1v) is 5.77. The molecule has 1 fully saturated rings. The van der Waals surface area contributed by atoms with Gasteiger partial charge in [0.2, 0.25) is 5.78 Å². The summed E-state index contributed by atoms with van der Waals surface area (Å²) in [6.07, 6.45) is 8.39. The predicted octanol–water partition coefficient (Wildman–Crippen LogP) is 1.95. The molecule has 0 radical (unpaired) electrons. The summed E-state index contributed by atoms with van der Waals surface area (Å²) in [6.45, 7) is 0. The number of ether oxygens (including phenoxy) is 1. The molecule has 0 aromatic carbocycles. The van der Waals surface area contributed by atoms with E-state index in [-0.39, 0.29) is 5.78 Å². The molecule has 1 aliphatic rings. The summed E-state index contributed by atoms with van der Waals surface area (Å²) in [5, 5.41) is 0. The second-order valence-electron chi connectivity index (χ2n) is 4.45. The van der Waals surface area contributed by atoms with Gasteiger partial charge in [0, 0.05) is 26.6 Å². The number of ketones is 1. The van der Waals surface area contributed by atoms with Gasteiger partial charge in [-0.15, -0.1) is 0 Å². The molecule has 4 nitrogen and oxygen atoms in total. The summed E-state index contributed by atoms with van der Waals surface area (Å²) >= 11 is 0. The van der Waals surface area contributed by atoms with E-state index < -0.39 is 5.60 Å². The van der Waals surface area contributed by atoms with Gasteiger partial charge in [0.05, 0.1) is 0 Å². The van der Waals surface area contributed by atoms with Crippen molar-refractivity contribution in [2.75, 3.05) is 7.11 Å². The molecule has 0 unspecified atom stereocenters. The lowest BCUT2D eigenvalue weighted by atomic mass is 9.81. The summed E-state index contributed by atoms with van der Waals surface area (Å²) in [6, 6.07) is 0. The van der Waals surface area contributed by atoms with Gasteiger partial charge in [-0.25, -0.2) is 4.98 Å². The third kappa shape index (κ3) is 1.78. The van der Waals surface area contributed by atoms with Crippen molar-refractivity contribution in [1.29, 1.82) is 0 Å². The fourth-order valence-corrected chi connectivity index (χ4v) is 2.43. The molecule has 1 aliphatic carbocycles. The molecular formula is C12H18N2O2. The first-order chi connectivity index (χ1) is 7.69. The Morgan fingerprint density at radius 2 is 2.12 bits per heavy atom. The highest BCUT2D eigenvalue weighted by Crippen LogP contribution is 2.33. The van der Waals surface area contributed by atoms with Gasteiger partial charge >= 0.3 is 0 Å². The lowest BCUT2D eigenvalue weighted by Crippen LogP contribution is -2.43. The standard InChI is InChI=1S/C12H18N2O2/c1-14-9-8-13-11(14)10(15)12(16-2)6-4-3-5-7-12/h8-9H,3-7H2,1-2H3. The molecule has 1 aromatic rings. The molecule has 0 saturated heterocycles. The number of hydrogen-bond acceptors (Lipinski definition) is 3. The van der Waals surface area contributed by atoms with Crippen molar-refractivity contribution >= 4 is 5.78 Å². The molecule has 1 aromatic heterocycles. The third-order valence-corrected chi connectivity index (χ3v) is 3.49. The Morgan fingerprint density at radius 3 is 2.62 bits per heavy atom. The zero-order valence-corrected chi connectivity index (χ0v) is 9.90. The minimum atomic E-state index is -0.628. The molecule has 0 amide bonds. The van der Waals surface area contributed by atoms with Crippen LogP contribution >= 0.6 is 0 Å². The number of nitrogens with zero attached hydrogens (tertiary/aromatic N) is 2. The maximum Gasteiger partial charge on any atom is 0.229 e. The second-order valence-corrected chi connectivity index (χ2v) is 4.45. The number of aromatic nitrogens is 2. The van der Waals surface area contributed by atoms with Crippen LogP contribution in [0.5, 0.6) is 0 Å². The van der Waals surface area contributed by atoms with Crippen LogP contribution in [0.1, 0.15) is 42.7 Å².